The first-order chi connectivity index (χ1) is 32.9. The van der Waals surface area contributed by atoms with E-state index in [0.29, 0.717) is 23.7 Å². The predicted octanol–water partition coefficient (Wildman–Crippen LogP) is 19.8. The minimum Gasteiger partial charge on any atom is -0.453 e. The Labute approximate surface area is 404 Å². The van der Waals surface area contributed by atoms with Gasteiger partial charge in [0, 0.05) is 5.69 Å². The molecule has 1 aliphatic rings. The Kier molecular flexibility index (Phi) is 12.2. The third-order valence-electron chi connectivity index (χ3n) is 13.8. The van der Waals surface area contributed by atoms with E-state index in [1.807, 2.05) is 0 Å². The third-order valence-corrected chi connectivity index (χ3v) is 13.8. The van der Waals surface area contributed by atoms with Crippen LogP contribution in [0.1, 0.15) is 101 Å². The lowest BCUT2D eigenvalue weighted by Crippen LogP contribution is -2.15. The summed E-state index contributed by atoms with van der Waals surface area (Å²) in [7, 11) is 0. The summed E-state index contributed by atoms with van der Waals surface area (Å²) in [5.74, 6) is 3.49. The second-order valence-electron chi connectivity index (χ2n) is 19.8. The summed E-state index contributed by atoms with van der Waals surface area (Å²) in [6, 6.07) is 74.8. The van der Waals surface area contributed by atoms with Gasteiger partial charge in [0.05, 0.1) is 11.4 Å². The van der Waals surface area contributed by atoms with Gasteiger partial charge in [0.15, 0.2) is 11.5 Å². The fraction of sp³-hybridized carbons (Fsp3) is 0.182. The van der Waals surface area contributed by atoms with E-state index in [1.54, 1.807) is 0 Å². The molecule has 9 aromatic carbocycles. The standard InChI is InChI=1S/C66H61NO/c1-42(2)46-17-25-50(26-18-46)54-33-55(51-27-19-47(20-28-51)43(3)4)36-58(35-54)60-39-61(41-62(40-60)67-63-13-9-11-15-65(63)68-66-16-12-10-14-64(66)67)59-37-56(52-29-21-48(22-30-52)44(5)6)34-57(38-59)53-31-23-49(24-32-53)45(7)8/h9-45H,1-8H3. The van der Waals surface area contributed by atoms with Gasteiger partial charge in [-0.25, -0.2) is 0 Å². The molecule has 0 amide bonds. The molecule has 0 unspecified atom stereocenters. The molecule has 336 valence electrons. The lowest BCUT2D eigenvalue weighted by molar-refractivity contribution is 0.477. The van der Waals surface area contributed by atoms with Crippen LogP contribution in [0.4, 0.5) is 17.1 Å². The first kappa shape index (κ1) is 44.4. The molecule has 0 spiro atoms. The minimum atomic E-state index is 0.458. The summed E-state index contributed by atoms with van der Waals surface area (Å²) in [6.07, 6.45) is 0. The van der Waals surface area contributed by atoms with E-state index in [1.165, 1.54) is 66.8 Å². The zero-order chi connectivity index (χ0) is 47.1. The Hall–Kier alpha value is -7.42. The van der Waals surface area contributed by atoms with Gasteiger partial charge in [0.1, 0.15) is 0 Å². The number of para-hydroxylation sites is 4. The highest BCUT2D eigenvalue weighted by molar-refractivity contribution is 5.92. The Balaban J connectivity index is 1.23. The van der Waals surface area contributed by atoms with Gasteiger partial charge in [-0.15, -0.1) is 0 Å². The molecule has 1 aliphatic heterocycles. The van der Waals surface area contributed by atoms with E-state index in [0.717, 1.165) is 50.8 Å². The highest BCUT2D eigenvalue weighted by Crippen LogP contribution is 2.52. The monoisotopic (exact) mass is 883 g/mol. The molecular formula is C66H61NO. The topological polar surface area (TPSA) is 12.5 Å². The highest BCUT2D eigenvalue weighted by atomic mass is 16.5. The predicted molar refractivity (Wildman–Crippen MR) is 290 cm³/mol. The van der Waals surface area contributed by atoms with Crippen molar-refractivity contribution in [2.24, 2.45) is 0 Å². The first-order valence-corrected chi connectivity index (χ1v) is 24.5. The van der Waals surface area contributed by atoms with Crippen LogP contribution in [0.2, 0.25) is 0 Å². The number of rotatable bonds is 11. The zero-order valence-electron chi connectivity index (χ0n) is 40.7. The normalized spacial score (nSPS) is 12.1. The van der Waals surface area contributed by atoms with Gasteiger partial charge in [-0.3, -0.25) is 0 Å². The van der Waals surface area contributed by atoms with Crippen molar-refractivity contribution in [3.05, 3.63) is 222 Å². The maximum atomic E-state index is 6.57. The molecule has 0 aliphatic carbocycles. The smallest absolute Gasteiger partial charge is 0.151 e. The molecule has 10 rings (SSSR count). The lowest BCUT2D eigenvalue weighted by atomic mass is 9.89. The summed E-state index contributed by atoms with van der Waals surface area (Å²) in [5.41, 5.74) is 22.6. The summed E-state index contributed by atoms with van der Waals surface area (Å²) in [4.78, 5) is 2.38. The zero-order valence-corrected chi connectivity index (χ0v) is 40.7. The van der Waals surface area contributed by atoms with Gasteiger partial charge in [-0.05, 0) is 192 Å². The molecule has 9 aromatic rings. The molecule has 0 saturated heterocycles. The van der Waals surface area contributed by atoms with Crippen LogP contribution >= 0.6 is 0 Å². The Bertz CT molecular complexity index is 2870. The van der Waals surface area contributed by atoms with Crippen LogP contribution in [0.15, 0.2) is 200 Å². The van der Waals surface area contributed by atoms with Crippen molar-refractivity contribution in [1.82, 2.24) is 0 Å². The van der Waals surface area contributed by atoms with Crippen molar-refractivity contribution in [2.75, 3.05) is 4.90 Å². The van der Waals surface area contributed by atoms with Gasteiger partial charge in [-0.2, -0.15) is 0 Å². The molecular weight excluding hydrogens is 823 g/mol. The molecule has 0 aromatic heterocycles. The Morgan fingerprint density at radius 2 is 0.500 bits per heavy atom. The fourth-order valence-electron chi connectivity index (χ4n) is 9.55. The summed E-state index contributed by atoms with van der Waals surface area (Å²) in [5, 5.41) is 0. The van der Waals surface area contributed by atoms with Gasteiger partial charge in [-0.1, -0.05) is 177 Å². The molecule has 0 bridgehead atoms. The number of anilines is 3. The van der Waals surface area contributed by atoms with Gasteiger partial charge < -0.3 is 9.64 Å². The number of ether oxygens (including phenoxy) is 1. The average molecular weight is 884 g/mol. The van der Waals surface area contributed by atoms with E-state index in [2.05, 4.69) is 260 Å². The molecule has 2 nitrogen and oxygen atoms in total. The van der Waals surface area contributed by atoms with Crippen molar-refractivity contribution < 1.29 is 4.74 Å². The number of benzene rings is 9. The van der Waals surface area contributed by atoms with Crippen LogP contribution in [0.5, 0.6) is 11.5 Å². The second kappa shape index (κ2) is 18.7. The van der Waals surface area contributed by atoms with E-state index in [4.69, 9.17) is 4.74 Å². The summed E-state index contributed by atoms with van der Waals surface area (Å²) in [6.45, 7) is 18.1. The van der Waals surface area contributed by atoms with E-state index in [-0.39, 0.29) is 0 Å². The third kappa shape index (κ3) is 9.04. The van der Waals surface area contributed by atoms with Gasteiger partial charge in [0.2, 0.25) is 0 Å². The molecule has 1 heterocycles. The molecule has 0 radical (unpaired) electrons. The van der Waals surface area contributed by atoms with Crippen LogP contribution in [0.3, 0.4) is 0 Å². The largest absolute Gasteiger partial charge is 0.453 e. The van der Waals surface area contributed by atoms with Crippen LogP contribution in [0.25, 0.3) is 66.8 Å². The van der Waals surface area contributed by atoms with Gasteiger partial charge in [0.25, 0.3) is 0 Å². The Morgan fingerprint density at radius 3 is 0.765 bits per heavy atom. The Morgan fingerprint density at radius 1 is 0.265 bits per heavy atom. The first-order valence-electron chi connectivity index (χ1n) is 24.5. The van der Waals surface area contributed by atoms with Crippen molar-refractivity contribution in [3.63, 3.8) is 0 Å². The number of nitrogens with zero attached hydrogens (tertiary/aromatic N) is 1. The van der Waals surface area contributed by atoms with Crippen molar-refractivity contribution in [3.8, 4) is 78.3 Å². The number of hydrogen-bond donors (Lipinski definition) is 0. The second-order valence-corrected chi connectivity index (χ2v) is 19.8. The van der Waals surface area contributed by atoms with Crippen LogP contribution < -0.4 is 9.64 Å². The maximum Gasteiger partial charge on any atom is 0.151 e. The SMILES string of the molecule is CC(C)c1ccc(-c2cc(-c3ccc(C(C)C)cc3)cc(-c3cc(-c4cc(-c5ccc(C(C)C)cc5)cc(-c5ccc(C(C)C)cc5)c4)cc(N4c5ccccc5Oc5ccccc54)c3)c2)cc1. The number of fused-ring (bicyclic) bond motifs is 2. The molecule has 0 fully saturated rings. The van der Waals surface area contributed by atoms with Gasteiger partial charge >= 0.3 is 0 Å². The van der Waals surface area contributed by atoms with Crippen LogP contribution in [0, 0.1) is 0 Å². The molecule has 2 heteroatoms. The highest BCUT2D eigenvalue weighted by Gasteiger charge is 2.26. The number of hydrogen-bond acceptors (Lipinski definition) is 2. The summed E-state index contributed by atoms with van der Waals surface area (Å²) >= 11 is 0. The van der Waals surface area contributed by atoms with Crippen molar-refractivity contribution in [1.29, 1.82) is 0 Å². The van der Waals surface area contributed by atoms with Crippen LogP contribution in [-0.4, -0.2) is 0 Å². The lowest BCUT2D eigenvalue weighted by Gasteiger charge is -2.33. The van der Waals surface area contributed by atoms with Crippen molar-refractivity contribution in [2.45, 2.75) is 79.1 Å². The minimum absolute atomic E-state index is 0.458. The van der Waals surface area contributed by atoms with E-state index >= 15 is 0 Å². The van der Waals surface area contributed by atoms with Crippen LogP contribution in [-0.2, 0) is 0 Å². The molecule has 0 saturated carbocycles. The average Bonchev–Trinajstić information content (AvgIpc) is 3.37. The quantitative estimate of drug-likeness (QED) is 0.128. The van der Waals surface area contributed by atoms with Crippen molar-refractivity contribution >= 4 is 17.1 Å². The van der Waals surface area contributed by atoms with E-state index in [9.17, 15) is 0 Å². The molecule has 0 N–H and O–H groups in total. The molecule has 0 atom stereocenters. The van der Waals surface area contributed by atoms with E-state index < -0.39 is 0 Å². The summed E-state index contributed by atoms with van der Waals surface area (Å²) < 4.78 is 6.57. The molecule has 68 heavy (non-hydrogen) atoms. The fourth-order valence-corrected chi connectivity index (χ4v) is 9.55. The maximum absolute atomic E-state index is 6.57.